The number of esters is 2. The molecule has 1 aliphatic rings. The highest BCUT2D eigenvalue weighted by atomic mass is 16.9. The van der Waals surface area contributed by atoms with Gasteiger partial charge in [0.1, 0.15) is 5.92 Å². The molecule has 0 radical (unpaired) electrons. The van der Waals surface area contributed by atoms with Gasteiger partial charge in [0.15, 0.2) is 6.10 Å². The van der Waals surface area contributed by atoms with Crippen LogP contribution in [0.25, 0.3) is 10.9 Å². The second-order valence-electron chi connectivity index (χ2n) is 4.95. The number of ether oxygens (including phenoxy) is 2. The molecule has 2 aromatic rings. The predicted molar refractivity (Wildman–Crippen MR) is 78.6 cm³/mol. The van der Waals surface area contributed by atoms with E-state index in [2.05, 4.69) is 14.5 Å². The standard InChI is InChI=1S/C15H14N2O6/c1-21-14(18)12-11(13(15(19)22-2)23-17(12)20)9-7-16-10-6-4-3-5-8(9)10/h3-7,11,13,16H,1-2H3/t11-,13+/m0/s1. The average Bonchev–Trinajstić information content (AvgIpc) is 3.14. The van der Waals surface area contributed by atoms with Gasteiger partial charge >= 0.3 is 17.7 Å². The lowest BCUT2D eigenvalue weighted by atomic mass is 9.89. The summed E-state index contributed by atoms with van der Waals surface area (Å²) in [4.78, 5) is 32.0. The Bertz CT molecular complexity index is 809. The molecule has 0 amide bonds. The van der Waals surface area contributed by atoms with E-state index in [-0.39, 0.29) is 10.6 Å². The Hall–Kier alpha value is -3.03. The predicted octanol–water partition coefficient (Wildman–Crippen LogP) is 0.863. The summed E-state index contributed by atoms with van der Waals surface area (Å²) >= 11 is 0. The lowest BCUT2D eigenvalue weighted by Gasteiger charge is -2.15. The molecule has 3 rings (SSSR count). The molecule has 2 atom stereocenters. The van der Waals surface area contributed by atoms with Gasteiger partial charge in [-0.1, -0.05) is 18.2 Å². The number of aromatic amines is 1. The molecule has 8 nitrogen and oxygen atoms in total. The monoisotopic (exact) mass is 318 g/mol. The van der Waals surface area contributed by atoms with Crippen LogP contribution in [0, 0.1) is 5.21 Å². The van der Waals surface area contributed by atoms with Gasteiger partial charge in [0.25, 0.3) is 0 Å². The molecule has 0 spiro atoms. The Labute approximate surface area is 130 Å². The van der Waals surface area contributed by atoms with Crippen LogP contribution in [0.3, 0.4) is 0 Å². The Morgan fingerprint density at radius 2 is 2.00 bits per heavy atom. The normalized spacial score (nSPS) is 20.4. The number of H-pyrrole nitrogens is 1. The molecule has 2 heterocycles. The molecule has 1 aromatic carbocycles. The number of nitrogens with zero attached hydrogens (tertiary/aromatic N) is 1. The first kappa shape index (κ1) is 14.9. The summed E-state index contributed by atoms with van der Waals surface area (Å²) in [5.74, 6) is -2.54. The highest BCUT2D eigenvalue weighted by molar-refractivity contribution is 6.37. The molecule has 1 aliphatic heterocycles. The smallest absolute Gasteiger partial charge is 0.405 e. The summed E-state index contributed by atoms with van der Waals surface area (Å²) in [6.45, 7) is 0. The lowest BCUT2D eigenvalue weighted by molar-refractivity contribution is -0.736. The first-order chi connectivity index (χ1) is 11.1. The summed E-state index contributed by atoms with van der Waals surface area (Å²) in [7, 11) is 2.34. The third-order valence-corrected chi connectivity index (χ3v) is 3.79. The van der Waals surface area contributed by atoms with Crippen molar-refractivity contribution >= 4 is 28.6 Å². The third-order valence-electron chi connectivity index (χ3n) is 3.79. The van der Waals surface area contributed by atoms with Gasteiger partial charge in [0, 0.05) is 17.1 Å². The van der Waals surface area contributed by atoms with Crippen molar-refractivity contribution in [1.82, 2.24) is 4.98 Å². The fourth-order valence-electron chi connectivity index (χ4n) is 2.74. The highest BCUT2D eigenvalue weighted by Crippen LogP contribution is 2.34. The second kappa shape index (κ2) is 5.64. The van der Waals surface area contributed by atoms with Crippen LogP contribution in [0.4, 0.5) is 0 Å². The number of aromatic nitrogens is 1. The van der Waals surface area contributed by atoms with E-state index < -0.39 is 24.0 Å². The van der Waals surface area contributed by atoms with Crippen LogP contribution in [-0.4, -0.2) is 47.9 Å². The minimum absolute atomic E-state index is 0.0276. The number of methoxy groups -OCH3 is 2. The molecule has 8 heteroatoms. The van der Waals surface area contributed by atoms with Gasteiger partial charge in [-0.05, 0) is 11.6 Å². The van der Waals surface area contributed by atoms with Crippen LogP contribution >= 0.6 is 0 Å². The molecule has 1 N–H and O–H groups in total. The van der Waals surface area contributed by atoms with Gasteiger partial charge in [0.05, 0.1) is 19.1 Å². The highest BCUT2D eigenvalue weighted by Gasteiger charge is 2.50. The minimum atomic E-state index is -1.26. The number of hydrogen-bond acceptors (Lipinski definition) is 6. The zero-order chi connectivity index (χ0) is 16.6. The number of rotatable bonds is 3. The van der Waals surface area contributed by atoms with Gasteiger partial charge in [-0.3, -0.25) is 10.0 Å². The van der Waals surface area contributed by atoms with E-state index in [0.29, 0.717) is 5.56 Å². The molecule has 0 saturated carbocycles. The van der Waals surface area contributed by atoms with E-state index in [1.54, 1.807) is 6.20 Å². The lowest BCUT2D eigenvalue weighted by Crippen LogP contribution is -2.33. The summed E-state index contributed by atoms with van der Waals surface area (Å²) in [5, 5.41) is 12.8. The van der Waals surface area contributed by atoms with Crippen LogP contribution in [0.15, 0.2) is 30.5 Å². The maximum Gasteiger partial charge on any atom is 0.405 e. The largest absolute Gasteiger partial charge is 0.468 e. The van der Waals surface area contributed by atoms with Crippen molar-refractivity contribution in [3.63, 3.8) is 0 Å². The molecule has 1 aromatic heterocycles. The quantitative estimate of drug-likeness (QED) is 0.665. The molecule has 0 saturated heterocycles. The summed E-state index contributed by atoms with van der Waals surface area (Å²) < 4.78 is 9.33. The molecule has 0 bridgehead atoms. The van der Waals surface area contributed by atoms with E-state index in [1.165, 1.54) is 7.11 Å². The van der Waals surface area contributed by atoms with E-state index in [0.717, 1.165) is 18.0 Å². The number of carbonyl (C=O) groups is 2. The van der Waals surface area contributed by atoms with E-state index in [9.17, 15) is 14.8 Å². The SMILES string of the molecule is COC(=O)C1=[N+]([O-])O[C@@H](C(=O)OC)[C@H]1c1c[nH]c2ccccc12. The molecule has 120 valence electrons. The van der Waals surface area contributed by atoms with Crippen molar-refractivity contribution in [1.29, 1.82) is 0 Å². The van der Waals surface area contributed by atoms with E-state index in [4.69, 9.17) is 4.84 Å². The molecule has 23 heavy (non-hydrogen) atoms. The Kier molecular flexibility index (Phi) is 3.65. The third kappa shape index (κ3) is 2.28. The van der Waals surface area contributed by atoms with Crippen molar-refractivity contribution in [2.24, 2.45) is 0 Å². The minimum Gasteiger partial charge on any atom is -0.468 e. The van der Waals surface area contributed by atoms with Crippen molar-refractivity contribution in [2.75, 3.05) is 14.2 Å². The van der Waals surface area contributed by atoms with Gasteiger partial charge in [-0.15, -0.1) is 0 Å². The van der Waals surface area contributed by atoms with Gasteiger partial charge < -0.3 is 19.3 Å². The van der Waals surface area contributed by atoms with Crippen LogP contribution in [0.2, 0.25) is 0 Å². The van der Waals surface area contributed by atoms with Gasteiger partial charge in [-0.2, -0.15) is 0 Å². The Morgan fingerprint density at radius 3 is 2.70 bits per heavy atom. The van der Waals surface area contributed by atoms with Crippen LogP contribution in [-0.2, 0) is 23.9 Å². The summed E-state index contributed by atoms with van der Waals surface area (Å²) in [5.41, 5.74) is 1.09. The Balaban J connectivity index is 2.17. The molecule has 0 aliphatic carbocycles. The molecular formula is C15H14N2O6. The van der Waals surface area contributed by atoms with Crippen molar-refractivity contribution in [2.45, 2.75) is 12.0 Å². The number of carbonyl (C=O) groups excluding carboxylic acids is 2. The average molecular weight is 318 g/mol. The number of nitrogens with one attached hydrogen (secondary N) is 1. The van der Waals surface area contributed by atoms with Gasteiger partial charge in [-0.25, -0.2) is 4.79 Å². The first-order valence-corrected chi connectivity index (χ1v) is 6.81. The van der Waals surface area contributed by atoms with Crippen LogP contribution in [0.1, 0.15) is 11.5 Å². The maximum atomic E-state index is 12.0. The van der Waals surface area contributed by atoms with Crippen LogP contribution in [0.5, 0.6) is 0 Å². The summed E-state index contributed by atoms with van der Waals surface area (Å²) in [6.07, 6.45) is 0.377. The molecular weight excluding hydrogens is 304 g/mol. The molecule has 0 unspecified atom stereocenters. The zero-order valence-corrected chi connectivity index (χ0v) is 12.4. The van der Waals surface area contributed by atoms with Gasteiger partial charge in [0.2, 0.25) is 0 Å². The van der Waals surface area contributed by atoms with Crippen molar-refractivity contribution in [3.8, 4) is 0 Å². The number of para-hydroxylation sites is 1. The van der Waals surface area contributed by atoms with E-state index >= 15 is 0 Å². The van der Waals surface area contributed by atoms with Crippen LogP contribution < -0.4 is 0 Å². The fourth-order valence-corrected chi connectivity index (χ4v) is 2.74. The van der Waals surface area contributed by atoms with E-state index in [1.807, 2.05) is 24.3 Å². The number of benzene rings is 1. The number of fused-ring (bicyclic) bond motifs is 1. The maximum absolute atomic E-state index is 12.0. The van der Waals surface area contributed by atoms with Crippen molar-refractivity contribution < 1.29 is 28.8 Å². The Morgan fingerprint density at radius 1 is 1.26 bits per heavy atom. The number of hydrogen-bond donors (Lipinski definition) is 1. The topological polar surface area (TPSA) is 104 Å². The second-order valence-corrected chi connectivity index (χ2v) is 4.95. The van der Waals surface area contributed by atoms with Crippen molar-refractivity contribution in [3.05, 3.63) is 41.2 Å². The fraction of sp³-hybridized carbons (Fsp3) is 0.267. The first-order valence-electron chi connectivity index (χ1n) is 6.81. The summed E-state index contributed by atoms with van der Waals surface area (Å²) in [6, 6.07) is 7.32. The zero-order valence-electron chi connectivity index (χ0n) is 12.4. The molecule has 0 fully saturated rings.